The molecule has 0 radical (unpaired) electrons. The molecule has 7 nitrogen and oxygen atoms in total. The standard InChI is InChI=1S/C22H31N5O2/c1-28-21-10-16(12-24-22(21)23)19-11-20(27(25-19)17-4-2-3-5-17)15-6-8-26(9-7-15)18-13-29-14-18/h10-12,15,17-18H,2-9,13-14H2,1H3,(H2,23,24). The van der Waals surface area contributed by atoms with Crippen molar-refractivity contribution >= 4 is 5.82 Å². The van der Waals surface area contributed by atoms with E-state index in [1.165, 1.54) is 44.2 Å². The lowest BCUT2D eigenvalue weighted by Crippen LogP contribution is -2.51. The summed E-state index contributed by atoms with van der Waals surface area (Å²) in [5, 5.41) is 5.07. The Morgan fingerprint density at radius 2 is 1.83 bits per heavy atom. The fourth-order valence-corrected chi connectivity index (χ4v) is 5.05. The van der Waals surface area contributed by atoms with Crippen molar-refractivity contribution in [1.82, 2.24) is 19.7 Å². The quantitative estimate of drug-likeness (QED) is 0.835. The molecule has 0 spiro atoms. The largest absolute Gasteiger partial charge is 0.493 e. The maximum Gasteiger partial charge on any atom is 0.166 e. The molecule has 3 fully saturated rings. The van der Waals surface area contributed by atoms with Crippen LogP contribution in [0.4, 0.5) is 5.82 Å². The number of piperidine rings is 1. The summed E-state index contributed by atoms with van der Waals surface area (Å²) < 4.78 is 13.1. The van der Waals surface area contributed by atoms with Gasteiger partial charge in [-0.2, -0.15) is 5.10 Å². The molecule has 2 aromatic heterocycles. The van der Waals surface area contributed by atoms with Crippen LogP contribution in [0.1, 0.15) is 56.2 Å². The molecule has 3 aliphatic rings. The Morgan fingerprint density at radius 1 is 1.07 bits per heavy atom. The number of pyridine rings is 1. The average Bonchev–Trinajstić information content (AvgIpc) is 3.37. The van der Waals surface area contributed by atoms with Crippen LogP contribution in [0.3, 0.4) is 0 Å². The molecule has 2 N–H and O–H groups in total. The van der Waals surface area contributed by atoms with Gasteiger partial charge in [0.2, 0.25) is 0 Å². The molecule has 2 aromatic rings. The predicted octanol–water partition coefficient (Wildman–Crippen LogP) is 3.23. The van der Waals surface area contributed by atoms with E-state index >= 15 is 0 Å². The molecule has 1 saturated carbocycles. The van der Waals surface area contributed by atoms with Crippen molar-refractivity contribution in [3.8, 4) is 17.0 Å². The lowest BCUT2D eigenvalue weighted by molar-refractivity contribution is -0.0714. The molecule has 2 saturated heterocycles. The van der Waals surface area contributed by atoms with E-state index in [0.29, 0.717) is 29.6 Å². The smallest absolute Gasteiger partial charge is 0.166 e. The highest BCUT2D eigenvalue weighted by molar-refractivity contribution is 5.64. The van der Waals surface area contributed by atoms with Gasteiger partial charge < -0.3 is 15.2 Å². The number of hydrogen-bond acceptors (Lipinski definition) is 6. The highest BCUT2D eigenvalue weighted by atomic mass is 16.5. The highest BCUT2D eigenvalue weighted by Crippen LogP contribution is 2.38. The molecule has 1 aliphatic carbocycles. The molecule has 4 heterocycles. The second-order valence-corrected chi connectivity index (χ2v) is 8.65. The van der Waals surface area contributed by atoms with Crippen LogP contribution in [0.5, 0.6) is 5.75 Å². The Hall–Kier alpha value is -2.12. The summed E-state index contributed by atoms with van der Waals surface area (Å²) in [5.41, 5.74) is 9.25. The van der Waals surface area contributed by atoms with E-state index in [2.05, 4.69) is 20.6 Å². The molecule has 2 aliphatic heterocycles. The van der Waals surface area contributed by atoms with Crippen molar-refractivity contribution in [3.05, 3.63) is 24.0 Å². The van der Waals surface area contributed by atoms with Crippen LogP contribution in [0.2, 0.25) is 0 Å². The van der Waals surface area contributed by atoms with Gasteiger partial charge in [0.1, 0.15) is 0 Å². The summed E-state index contributed by atoms with van der Waals surface area (Å²) >= 11 is 0. The molecule has 0 amide bonds. The fraction of sp³-hybridized carbons (Fsp3) is 0.636. The average molecular weight is 398 g/mol. The minimum Gasteiger partial charge on any atom is -0.493 e. The van der Waals surface area contributed by atoms with Crippen molar-refractivity contribution in [2.24, 2.45) is 0 Å². The fourth-order valence-electron chi connectivity index (χ4n) is 5.05. The number of nitrogen functional groups attached to an aromatic ring is 1. The van der Waals surface area contributed by atoms with Crippen molar-refractivity contribution < 1.29 is 9.47 Å². The van der Waals surface area contributed by atoms with Crippen LogP contribution in [-0.4, -0.2) is 59.1 Å². The van der Waals surface area contributed by atoms with Gasteiger partial charge in [0.15, 0.2) is 11.6 Å². The Kier molecular flexibility index (Phi) is 5.18. The maximum absolute atomic E-state index is 5.91. The monoisotopic (exact) mass is 397 g/mol. The predicted molar refractivity (Wildman–Crippen MR) is 112 cm³/mol. The van der Waals surface area contributed by atoms with Crippen LogP contribution in [0.15, 0.2) is 18.3 Å². The Bertz CT molecular complexity index is 849. The molecule has 0 unspecified atom stereocenters. The zero-order valence-electron chi connectivity index (χ0n) is 17.2. The molecule has 5 rings (SSSR count). The summed E-state index contributed by atoms with van der Waals surface area (Å²) in [5.74, 6) is 1.59. The molecule has 156 valence electrons. The number of nitrogens with zero attached hydrogens (tertiary/aromatic N) is 4. The summed E-state index contributed by atoms with van der Waals surface area (Å²) in [6.45, 7) is 4.11. The van der Waals surface area contributed by atoms with E-state index in [9.17, 15) is 0 Å². The lowest BCUT2D eigenvalue weighted by atomic mass is 9.91. The Morgan fingerprint density at radius 3 is 2.48 bits per heavy atom. The molecule has 7 heteroatoms. The molecule has 29 heavy (non-hydrogen) atoms. The topological polar surface area (TPSA) is 78.4 Å². The van der Waals surface area contributed by atoms with Gasteiger partial charge in [-0.1, -0.05) is 12.8 Å². The van der Waals surface area contributed by atoms with E-state index in [1.54, 1.807) is 7.11 Å². The molecule has 0 atom stereocenters. The third-order valence-electron chi connectivity index (χ3n) is 6.92. The number of ether oxygens (including phenoxy) is 2. The second kappa shape index (κ2) is 7.95. The van der Waals surface area contributed by atoms with Crippen LogP contribution in [0.25, 0.3) is 11.3 Å². The van der Waals surface area contributed by atoms with Crippen molar-refractivity contribution in [2.75, 3.05) is 39.1 Å². The third kappa shape index (κ3) is 3.62. The number of rotatable bonds is 5. The van der Waals surface area contributed by atoms with Crippen LogP contribution < -0.4 is 10.5 Å². The zero-order chi connectivity index (χ0) is 19.8. The van der Waals surface area contributed by atoms with Crippen LogP contribution in [-0.2, 0) is 4.74 Å². The van der Waals surface area contributed by atoms with Crippen molar-refractivity contribution in [2.45, 2.75) is 56.5 Å². The first-order valence-corrected chi connectivity index (χ1v) is 10.9. The van der Waals surface area contributed by atoms with E-state index in [0.717, 1.165) is 37.6 Å². The summed E-state index contributed by atoms with van der Waals surface area (Å²) in [6, 6.07) is 5.41. The second-order valence-electron chi connectivity index (χ2n) is 8.65. The number of methoxy groups -OCH3 is 1. The normalized spacial score (nSPS) is 22.1. The van der Waals surface area contributed by atoms with Crippen molar-refractivity contribution in [3.63, 3.8) is 0 Å². The van der Waals surface area contributed by atoms with Crippen molar-refractivity contribution in [1.29, 1.82) is 0 Å². The summed E-state index contributed by atoms with van der Waals surface area (Å²) in [6.07, 6.45) is 9.26. The van der Waals surface area contributed by atoms with Gasteiger partial charge in [-0.3, -0.25) is 9.58 Å². The first kappa shape index (κ1) is 18.9. The summed E-state index contributed by atoms with van der Waals surface area (Å²) in [4.78, 5) is 6.91. The Balaban J connectivity index is 1.42. The number of likely N-dealkylation sites (tertiary alicyclic amines) is 1. The minimum atomic E-state index is 0.416. The van der Waals surface area contributed by atoms with Gasteiger partial charge in [0, 0.05) is 23.4 Å². The van der Waals surface area contributed by atoms with Crippen LogP contribution in [0, 0.1) is 0 Å². The van der Waals surface area contributed by atoms with E-state index in [-0.39, 0.29) is 0 Å². The molecular formula is C22H31N5O2. The van der Waals surface area contributed by atoms with Gasteiger partial charge in [-0.15, -0.1) is 0 Å². The number of hydrogen-bond donors (Lipinski definition) is 1. The van der Waals surface area contributed by atoms with Gasteiger partial charge in [-0.05, 0) is 50.9 Å². The van der Waals surface area contributed by atoms with Gasteiger partial charge in [0.25, 0.3) is 0 Å². The SMILES string of the molecule is COc1cc(-c2cc(C3CCN(C4COC4)CC3)n(C3CCCC3)n2)cnc1N. The van der Waals surface area contributed by atoms with Gasteiger partial charge in [-0.25, -0.2) is 4.98 Å². The first-order chi connectivity index (χ1) is 14.2. The maximum atomic E-state index is 5.91. The molecule has 0 aromatic carbocycles. The molecular weight excluding hydrogens is 366 g/mol. The number of anilines is 1. The van der Waals surface area contributed by atoms with E-state index < -0.39 is 0 Å². The number of nitrogens with two attached hydrogens (primary N) is 1. The van der Waals surface area contributed by atoms with E-state index in [1.807, 2.05) is 12.3 Å². The summed E-state index contributed by atoms with van der Waals surface area (Å²) in [7, 11) is 1.63. The van der Waals surface area contributed by atoms with Gasteiger partial charge >= 0.3 is 0 Å². The highest BCUT2D eigenvalue weighted by Gasteiger charge is 2.32. The van der Waals surface area contributed by atoms with Crippen LogP contribution >= 0.6 is 0 Å². The minimum absolute atomic E-state index is 0.416. The molecule has 0 bridgehead atoms. The lowest BCUT2D eigenvalue weighted by Gasteiger charge is -2.41. The zero-order valence-corrected chi connectivity index (χ0v) is 17.2. The van der Waals surface area contributed by atoms with E-state index in [4.69, 9.17) is 20.3 Å². The van der Waals surface area contributed by atoms with Gasteiger partial charge in [0.05, 0.1) is 38.1 Å². The first-order valence-electron chi connectivity index (χ1n) is 10.9. The Labute approximate surface area is 172 Å². The number of aromatic nitrogens is 3. The third-order valence-corrected chi connectivity index (χ3v) is 6.92.